The molecule has 3 fully saturated rings. The first kappa shape index (κ1) is 20.3. The molecule has 31 heavy (non-hydrogen) atoms. The predicted octanol–water partition coefficient (Wildman–Crippen LogP) is 2.75. The fourth-order valence-corrected chi connectivity index (χ4v) is 5.27. The van der Waals surface area contributed by atoms with Gasteiger partial charge in [0.25, 0.3) is 6.01 Å². The van der Waals surface area contributed by atoms with Crippen molar-refractivity contribution in [1.82, 2.24) is 19.8 Å². The van der Waals surface area contributed by atoms with Crippen LogP contribution in [0.4, 0.5) is 6.01 Å². The van der Waals surface area contributed by atoms with Crippen LogP contribution in [0.25, 0.3) is 11.2 Å². The van der Waals surface area contributed by atoms with E-state index in [1.165, 1.54) is 19.3 Å². The molecule has 2 saturated heterocycles. The largest absolute Gasteiger partial charge is 0.422 e. The third-order valence-corrected chi connectivity index (χ3v) is 6.98. The highest BCUT2D eigenvalue weighted by atomic mass is 16.4. The van der Waals surface area contributed by atoms with Crippen LogP contribution in [-0.2, 0) is 9.59 Å². The summed E-state index contributed by atoms with van der Waals surface area (Å²) in [7, 11) is 0. The first-order valence-electron chi connectivity index (χ1n) is 11.7. The first-order valence-corrected chi connectivity index (χ1v) is 11.7. The number of anilines is 1. The lowest BCUT2D eigenvalue weighted by atomic mass is 9.94. The molecular formula is C23H31N5O3. The molecule has 166 valence electrons. The summed E-state index contributed by atoms with van der Waals surface area (Å²) in [6.07, 6.45) is 7.05. The summed E-state index contributed by atoms with van der Waals surface area (Å²) in [6, 6.07) is 4.73. The monoisotopic (exact) mass is 425 g/mol. The van der Waals surface area contributed by atoms with Crippen molar-refractivity contribution in [2.24, 2.45) is 5.92 Å². The first-order chi connectivity index (χ1) is 15.1. The summed E-state index contributed by atoms with van der Waals surface area (Å²) >= 11 is 0. The zero-order chi connectivity index (χ0) is 21.4. The van der Waals surface area contributed by atoms with E-state index in [0.29, 0.717) is 55.9 Å². The number of nitrogens with zero attached hydrogens (tertiary/aromatic N) is 5. The molecule has 2 aromatic heterocycles. The van der Waals surface area contributed by atoms with Gasteiger partial charge in [0.15, 0.2) is 5.58 Å². The topological polar surface area (TPSA) is 82.8 Å². The molecule has 5 rings (SSSR count). The second-order valence-corrected chi connectivity index (χ2v) is 9.18. The minimum Gasteiger partial charge on any atom is -0.422 e. The minimum atomic E-state index is -0.197. The average Bonchev–Trinajstić information content (AvgIpc) is 3.28. The van der Waals surface area contributed by atoms with Crippen LogP contribution in [0.2, 0.25) is 0 Å². The number of aryl methyl sites for hydroxylation is 1. The van der Waals surface area contributed by atoms with Crippen LogP contribution in [0.3, 0.4) is 0 Å². The van der Waals surface area contributed by atoms with Crippen LogP contribution in [0.5, 0.6) is 0 Å². The molecule has 0 aromatic carbocycles. The van der Waals surface area contributed by atoms with Crippen LogP contribution >= 0.6 is 0 Å². The number of carbonyl (C=O) groups is 2. The number of fused-ring (bicyclic) bond motifs is 1. The fraction of sp³-hybridized carbons (Fsp3) is 0.652. The SMILES string of the molecule is Cc1ccc2oc(N3CCCN(C(=O)C4CC(=O)N(C5CCCCC5)C4)CC3)nc2n1. The Hall–Kier alpha value is -2.64. The van der Waals surface area contributed by atoms with E-state index in [4.69, 9.17) is 4.42 Å². The number of carbonyl (C=O) groups excluding carboxylic acids is 2. The third-order valence-electron chi connectivity index (χ3n) is 6.98. The molecule has 4 heterocycles. The molecule has 1 atom stereocenters. The molecule has 1 saturated carbocycles. The summed E-state index contributed by atoms with van der Waals surface area (Å²) < 4.78 is 5.91. The van der Waals surface area contributed by atoms with E-state index < -0.39 is 0 Å². The Bertz CT molecular complexity index is 967. The third kappa shape index (κ3) is 4.12. The molecule has 1 unspecified atom stereocenters. The summed E-state index contributed by atoms with van der Waals surface area (Å²) in [5.41, 5.74) is 2.22. The average molecular weight is 426 g/mol. The lowest BCUT2D eigenvalue weighted by Gasteiger charge is -2.31. The molecule has 3 aliphatic rings. The van der Waals surface area contributed by atoms with Gasteiger partial charge in [0, 0.05) is 50.9 Å². The Morgan fingerprint density at radius 2 is 1.87 bits per heavy atom. The lowest BCUT2D eigenvalue weighted by Crippen LogP contribution is -2.41. The summed E-state index contributed by atoms with van der Waals surface area (Å²) in [5, 5.41) is 0. The Balaban J connectivity index is 1.21. The Kier molecular flexibility index (Phi) is 5.54. The maximum atomic E-state index is 13.2. The van der Waals surface area contributed by atoms with Crippen LogP contribution in [0.15, 0.2) is 16.5 Å². The molecule has 2 amide bonds. The van der Waals surface area contributed by atoms with Crippen LogP contribution < -0.4 is 4.90 Å². The molecule has 8 nitrogen and oxygen atoms in total. The van der Waals surface area contributed by atoms with Crippen molar-refractivity contribution in [2.75, 3.05) is 37.6 Å². The summed E-state index contributed by atoms with van der Waals surface area (Å²) in [6.45, 7) is 5.32. The van der Waals surface area contributed by atoms with Crippen molar-refractivity contribution in [3.8, 4) is 0 Å². The minimum absolute atomic E-state index is 0.128. The Labute approximate surface area is 182 Å². The highest BCUT2D eigenvalue weighted by molar-refractivity contribution is 5.89. The smallest absolute Gasteiger partial charge is 0.300 e. The Morgan fingerprint density at radius 3 is 2.71 bits per heavy atom. The summed E-state index contributed by atoms with van der Waals surface area (Å²) in [4.78, 5) is 40.8. The molecule has 1 aliphatic carbocycles. The molecule has 2 aromatic rings. The van der Waals surface area contributed by atoms with Gasteiger partial charge in [0.05, 0.1) is 5.92 Å². The molecule has 2 aliphatic heterocycles. The van der Waals surface area contributed by atoms with Gasteiger partial charge in [-0.1, -0.05) is 19.3 Å². The van der Waals surface area contributed by atoms with Gasteiger partial charge in [-0.2, -0.15) is 4.98 Å². The molecule has 8 heteroatoms. The maximum Gasteiger partial charge on any atom is 0.300 e. The highest BCUT2D eigenvalue weighted by Gasteiger charge is 2.40. The van der Waals surface area contributed by atoms with Crippen molar-refractivity contribution >= 4 is 29.1 Å². The maximum absolute atomic E-state index is 13.2. The van der Waals surface area contributed by atoms with Gasteiger partial charge in [-0.05, 0) is 38.3 Å². The van der Waals surface area contributed by atoms with Crippen LogP contribution in [0.1, 0.15) is 50.6 Å². The summed E-state index contributed by atoms with van der Waals surface area (Å²) in [5.74, 6) is 0.0943. The Morgan fingerprint density at radius 1 is 1.03 bits per heavy atom. The molecule has 0 bridgehead atoms. The van der Waals surface area contributed by atoms with Crippen molar-refractivity contribution < 1.29 is 14.0 Å². The number of pyridine rings is 1. The van der Waals surface area contributed by atoms with Gasteiger partial charge in [0.2, 0.25) is 17.5 Å². The number of rotatable bonds is 3. The predicted molar refractivity (Wildman–Crippen MR) is 117 cm³/mol. The molecule has 0 spiro atoms. The van der Waals surface area contributed by atoms with Gasteiger partial charge in [-0.15, -0.1) is 0 Å². The van der Waals surface area contributed by atoms with Crippen molar-refractivity contribution in [2.45, 2.75) is 57.9 Å². The van der Waals surface area contributed by atoms with E-state index in [-0.39, 0.29) is 17.7 Å². The van der Waals surface area contributed by atoms with E-state index in [1.807, 2.05) is 28.9 Å². The van der Waals surface area contributed by atoms with Crippen molar-refractivity contribution in [3.63, 3.8) is 0 Å². The van der Waals surface area contributed by atoms with Crippen LogP contribution in [0, 0.1) is 12.8 Å². The quantitative estimate of drug-likeness (QED) is 0.752. The number of amides is 2. The number of hydrogen-bond acceptors (Lipinski definition) is 6. The van der Waals surface area contributed by atoms with Crippen LogP contribution in [-0.4, -0.2) is 70.3 Å². The zero-order valence-electron chi connectivity index (χ0n) is 18.3. The van der Waals surface area contributed by atoms with Crippen molar-refractivity contribution in [3.05, 3.63) is 17.8 Å². The molecular weight excluding hydrogens is 394 g/mol. The lowest BCUT2D eigenvalue weighted by molar-refractivity contribution is -0.135. The van der Waals surface area contributed by atoms with Gasteiger partial charge in [-0.25, -0.2) is 4.98 Å². The van der Waals surface area contributed by atoms with E-state index in [0.717, 1.165) is 31.5 Å². The molecule has 0 radical (unpaired) electrons. The van der Waals surface area contributed by atoms with E-state index in [1.54, 1.807) is 0 Å². The number of aromatic nitrogens is 2. The highest BCUT2D eigenvalue weighted by Crippen LogP contribution is 2.30. The number of oxazole rings is 1. The van der Waals surface area contributed by atoms with Gasteiger partial charge in [-0.3, -0.25) is 9.59 Å². The second kappa shape index (κ2) is 8.48. The zero-order valence-corrected chi connectivity index (χ0v) is 18.3. The van der Waals surface area contributed by atoms with E-state index in [9.17, 15) is 9.59 Å². The van der Waals surface area contributed by atoms with Gasteiger partial charge < -0.3 is 19.1 Å². The van der Waals surface area contributed by atoms with E-state index in [2.05, 4.69) is 14.9 Å². The van der Waals surface area contributed by atoms with Gasteiger partial charge >= 0.3 is 0 Å². The van der Waals surface area contributed by atoms with E-state index >= 15 is 0 Å². The number of hydrogen-bond donors (Lipinski definition) is 0. The number of likely N-dealkylation sites (tertiary alicyclic amines) is 1. The van der Waals surface area contributed by atoms with Gasteiger partial charge in [0.1, 0.15) is 0 Å². The normalized spacial score (nSPS) is 23.6. The van der Waals surface area contributed by atoms with Crippen molar-refractivity contribution in [1.29, 1.82) is 0 Å². The standard InChI is InChI=1S/C23H31N5O3/c1-16-8-9-19-21(24-16)25-23(31-19)27-11-5-10-26(12-13-27)22(30)17-14-20(29)28(15-17)18-6-3-2-4-7-18/h8-9,17-18H,2-7,10-15H2,1H3. The fourth-order valence-electron chi connectivity index (χ4n) is 5.27. The molecule has 0 N–H and O–H groups in total. The second-order valence-electron chi connectivity index (χ2n) is 9.18.